The molecule has 0 spiro atoms. The van der Waals surface area contributed by atoms with Gasteiger partial charge in [-0.25, -0.2) is 4.39 Å². The number of phenols is 1. The molecule has 0 radical (unpaired) electrons. The zero-order chi connectivity index (χ0) is 13.7. The molecule has 18 heavy (non-hydrogen) atoms. The van der Waals surface area contributed by atoms with Crippen molar-refractivity contribution >= 4 is 5.69 Å². The number of phenolic OH excluding ortho intramolecular Hbond substituents is 1. The van der Waals surface area contributed by atoms with Crippen LogP contribution in [-0.2, 0) is 0 Å². The Balaban J connectivity index is 3.26. The third-order valence-corrected chi connectivity index (χ3v) is 2.14. The molecule has 1 rings (SSSR count). The number of halogens is 1. The summed E-state index contributed by atoms with van der Waals surface area (Å²) in [5.41, 5.74) is 0.0246. The number of nitrogens with zero attached hydrogens (tertiary/aromatic N) is 3. The number of benzene rings is 1. The molecule has 0 bridgehead atoms. The normalized spacial score (nSPS) is 8.61. The lowest BCUT2D eigenvalue weighted by Crippen LogP contribution is -2.02. The minimum Gasteiger partial charge on any atom is -0.505 e. The Morgan fingerprint density at radius 2 is 1.83 bits per heavy atom. The van der Waals surface area contributed by atoms with Crippen LogP contribution in [0, 0.1) is 46.7 Å². The molecule has 0 amide bonds. The Morgan fingerprint density at radius 3 is 2.33 bits per heavy atom. The van der Waals surface area contributed by atoms with E-state index in [0.29, 0.717) is 5.56 Å². The highest BCUT2D eigenvalue weighted by molar-refractivity contribution is 5.63. The fourth-order valence-corrected chi connectivity index (χ4v) is 1.21. The molecular formula is C12H7FN4O. The van der Waals surface area contributed by atoms with Gasteiger partial charge in [0.2, 0.25) is 0 Å². The number of anilines is 1. The van der Waals surface area contributed by atoms with E-state index in [1.165, 1.54) is 0 Å². The topological polar surface area (TPSA) is 104 Å². The summed E-state index contributed by atoms with van der Waals surface area (Å²) in [6, 6.07) is 6.94. The second kappa shape index (κ2) is 5.34. The molecule has 0 heterocycles. The van der Waals surface area contributed by atoms with Crippen molar-refractivity contribution in [2.75, 3.05) is 5.32 Å². The molecule has 0 saturated heterocycles. The van der Waals surface area contributed by atoms with Crippen molar-refractivity contribution in [3.8, 4) is 24.0 Å². The van der Waals surface area contributed by atoms with Gasteiger partial charge < -0.3 is 10.4 Å². The molecule has 0 fully saturated rings. The molecular weight excluding hydrogens is 235 g/mol. The second-order valence-electron chi connectivity index (χ2n) is 3.33. The lowest BCUT2D eigenvalue weighted by atomic mass is 10.1. The first kappa shape index (κ1) is 13.0. The Morgan fingerprint density at radius 1 is 1.22 bits per heavy atom. The van der Waals surface area contributed by atoms with Gasteiger partial charge in [-0.1, -0.05) is 0 Å². The first-order valence-corrected chi connectivity index (χ1v) is 4.74. The summed E-state index contributed by atoms with van der Waals surface area (Å²) in [5.74, 6) is -1.38. The maximum absolute atomic E-state index is 13.0. The molecule has 5 nitrogen and oxygen atoms in total. The predicted molar refractivity (Wildman–Crippen MR) is 60.3 cm³/mol. The summed E-state index contributed by atoms with van der Waals surface area (Å²) in [4.78, 5) is 0. The third kappa shape index (κ3) is 2.55. The van der Waals surface area contributed by atoms with Crippen LogP contribution >= 0.6 is 0 Å². The Hall–Kier alpha value is -3.04. The molecule has 1 aromatic rings. The third-order valence-electron chi connectivity index (χ3n) is 2.14. The SMILES string of the molecule is Cc1cc(F)c(O)cc1NC(C#N)=C(C#N)C#N. The van der Waals surface area contributed by atoms with Crippen molar-refractivity contribution in [2.45, 2.75) is 6.92 Å². The van der Waals surface area contributed by atoms with Gasteiger partial charge in [-0.05, 0) is 18.6 Å². The van der Waals surface area contributed by atoms with E-state index in [0.717, 1.165) is 12.1 Å². The number of hydrogen-bond donors (Lipinski definition) is 2. The predicted octanol–water partition coefficient (Wildman–Crippen LogP) is 2.08. The summed E-state index contributed by atoms with van der Waals surface area (Å²) in [6.07, 6.45) is 0. The van der Waals surface area contributed by atoms with Gasteiger partial charge in [-0.15, -0.1) is 0 Å². The summed E-state index contributed by atoms with van der Waals surface area (Å²) in [5, 5.41) is 37.8. The Kier molecular flexibility index (Phi) is 3.86. The molecule has 2 N–H and O–H groups in total. The molecule has 6 heteroatoms. The van der Waals surface area contributed by atoms with Crippen LogP contribution < -0.4 is 5.32 Å². The van der Waals surface area contributed by atoms with E-state index in [1.54, 1.807) is 25.1 Å². The molecule has 88 valence electrons. The molecule has 0 saturated carbocycles. The van der Waals surface area contributed by atoms with Crippen molar-refractivity contribution < 1.29 is 9.50 Å². The number of nitriles is 3. The minimum atomic E-state index is -0.790. The second-order valence-corrected chi connectivity index (χ2v) is 3.33. The van der Waals surface area contributed by atoms with Gasteiger partial charge in [0.1, 0.15) is 23.9 Å². The van der Waals surface area contributed by atoms with Crippen LogP contribution in [0.25, 0.3) is 0 Å². The summed E-state index contributed by atoms with van der Waals surface area (Å²) >= 11 is 0. The van der Waals surface area contributed by atoms with Gasteiger partial charge >= 0.3 is 0 Å². The van der Waals surface area contributed by atoms with E-state index in [9.17, 15) is 9.50 Å². The van der Waals surface area contributed by atoms with Crippen LogP contribution in [0.2, 0.25) is 0 Å². The zero-order valence-electron chi connectivity index (χ0n) is 9.32. The van der Waals surface area contributed by atoms with Crippen LogP contribution in [0.4, 0.5) is 10.1 Å². The van der Waals surface area contributed by atoms with Crippen LogP contribution in [0.5, 0.6) is 5.75 Å². The number of nitrogens with one attached hydrogen (secondary N) is 1. The maximum atomic E-state index is 13.0. The average Bonchev–Trinajstić information content (AvgIpc) is 2.35. The first-order valence-electron chi connectivity index (χ1n) is 4.74. The number of hydrogen-bond acceptors (Lipinski definition) is 5. The highest BCUT2D eigenvalue weighted by atomic mass is 19.1. The van der Waals surface area contributed by atoms with Crippen LogP contribution in [0.1, 0.15) is 5.56 Å². The lowest BCUT2D eigenvalue weighted by molar-refractivity contribution is 0.432. The van der Waals surface area contributed by atoms with Crippen molar-refractivity contribution in [1.29, 1.82) is 15.8 Å². The highest BCUT2D eigenvalue weighted by Gasteiger charge is 2.10. The average molecular weight is 242 g/mol. The molecule has 0 aliphatic carbocycles. The standard InChI is InChI=1S/C12H7FN4O/c1-7-2-9(13)12(18)3-10(7)17-11(6-16)8(4-14)5-15/h2-3,17-18H,1H3. The van der Waals surface area contributed by atoms with Crippen LogP contribution in [0.15, 0.2) is 23.4 Å². The smallest absolute Gasteiger partial charge is 0.165 e. The minimum absolute atomic E-state index is 0.244. The van der Waals surface area contributed by atoms with E-state index < -0.39 is 11.6 Å². The fourth-order valence-electron chi connectivity index (χ4n) is 1.21. The number of aryl methyl sites for hydroxylation is 1. The van der Waals surface area contributed by atoms with Gasteiger partial charge in [0.15, 0.2) is 17.1 Å². The van der Waals surface area contributed by atoms with Crippen LogP contribution in [-0.4, -0.2) is 5.11 Å². The molecule has 0 aromatic heterocycles. The number of aromatic hydroxyl groups is 1. The van der Waals surface area contributed by atoms with E-state index in [2.05, 4.69) is 5.32 Å². The van der Waals surface area contributed by atoms with Gasteiger partial charge in [-0.2, -0.15) is 15.8 Å². The molecule has 0 atom stereocenters. The van der Waals surface area contributed by atoms with E-state index in [-0.39, 0.29) is 17.0 Å². The highest BCUT2D eigenvalue weighted by Crippen LogP contribution is 2.25. The Bertz CT molecular complexity index is 628. The van der Waals surface area contributed by atoms with Gasteiger partial charge in [0, 0.05) is 11.8 Å². The summed E-state index contributed by atoms with van der Waals surface area (Å²) in [6.45, 7) is 1.55. The Labute approximate surface area is 103 Å². The summed E-state index contributed by atoms with van der Waals surface area (Å²) in [7, 11) is 0. The lowest BCUT2D eigenvalue weighted by Gasteiger charge is -2.09. The molecule has 0 unspecified atom stereocenters. The van der Waals surface area contributed by atoms with Gasteiger partial charge in [0.05, 0.1) is 0 Å². The fraction of sp³-hybridized carbons (Fsp3) is 0.0833. The van der Waals surface area contributed by atoms with Gasteiger partial charge in [-0.3, -0.25) is 0 Å². The molecule has 0 aliphatic heterocycles. The van der Waals surface area contributed by atoms with Crippen LogP contribution in [0.3, 0.4) is 0 Å². The quantitative estimate of drug-likeness (QED) is 0.772. The van der Waals surface area contributed by atoms with Crippen molar-refractivity contribution in [3.63, 3.8) is 0 Å². The monoisotopic (exact) mass is 242 g/mol. The van der Waals surface area contributed by atoms with E-state index in [4.69, 9.17) is 15.8 Å². The van der Waals surface area contributed by atoms with E-state index in [1.807, 2.05) is 0 Å². The number of allylic oxidation sites excluding steroid dienone is 2. The molecule has 0 aliphatic rings. The van der Waals surface area contributed by atoms with Gasteiger partial charge in [0.25, 0.3) is 0 Å². The van der Waals surface area contributed by atoms with Crippen molar-refractivity contribution in [2.24, 2.45) is 0 Å². The molecule has 1 aromatic carbocycles. The van der Waals surface area contributed by atoms with Crippen molar-refractivity contribution in [1.82, 2.24) is 0 Å². The number of rotatable bonds is 2. The van der Waals surface area contributed by atoms with E-state index >= 15 is 0 Å². The largest absolute Gasteiger partial charge is 0.505 e. The first-order chi connectivity index (χ1) is 8.53. The zero-order valence-corrected chi connectivity index (χ0v) is 9.32. The maximum Gasteiger partial charge on any atom is 0.165 e. The summed E-state index contributed by atoms with van der Waals surface area (Å²) < 4.78 is 13.0. The van der Waals surface area contributed by atoms with Crippen molar-refractivity contribution in [3.05, 3.63) is 34.8 Å².